The van der Waals surface area contributed by atoms with Gasteiger partial charge in [0.1, 0.15) is 0 Å². The molecule has 0 unspecified atom stereocenters. The summed E-state index contributed by atoms with van der Waals surface area (Å²) in [5, 5.41) is 17.9. The van der Waals surface area contributed by atoms with Crippen LogP contribution < -0.4 is 0 Å². The van der Waals surface area contributed by atoms with Crippen LogP contribution in [-0.2, 0) is 0 Å². The summed E-state index contributed by atoms with van der Waals surface area (Å²) in [4.78, 5) is 25.3. The Morgan fingerprint density at radius 1 is 1.17 bits per heavy atom. The van der Waals surface area contributed by atoms with Crippen LogP contribution in [0.2, 0.25) is 5.02 Å². The number of nitrogens with zero attached hydrogens (tertiary/aromatic N) is 1. The lowest BCUT2D eigenvalue weighted by Gasteiger charge is -1.96. The molecule has 0 atom stereocenters. The molecule has 0 amide bonds. The van der Waals surface area contributed by atoms with Gasteiger partial charge in [-0.05, 0) is 12.1 Å². The Bertz CT molecular complexity index is 603. The van der Waals surface area contributed by atoms with E-state index in [-0.39, 0.29) is 10.9 Å². The van der Waals surface area contributed by atoms with Gasteiger partial charge in [0.05, 0.1) is 10.6 Å². The van der Waals surface area contributed by atoms with E-state index >= 15 is 0 Å². The number of carboxylic acid groups (broad SMARTS) is 2. The minimum atomic E-state index is -1.50. The predicted octanol–water partition coefficient (Wildman–Crippen LogP) is 2.39. The van der Waals surface area contributed by atoms with Crippen molar-refractivity contribution in [3.63, 3.8) is 0 Å². The van der Waals surface area contributed by atoms with E-state index in [1.807, 2.05) is 0 Å². The molecule has 18 heavy (non-hydrogen) atoms. The van der Waals surface area contributed by atoms with E-state index in [0.717, 1.165) is 0 Å². The van der Waals surface area contributed by atoms with Crippen LogP contribution in [-0.4, -0.2) is 27.1 Å². The zero-order chi connectivity index (χ0) is 13.3. The summed E-state index contributed by atoms with van der Waals surface area (Å²) in [6.45, 7) is 0. The van der Waals surface area contributed by atoms with Crippen molar-refractivity contribution in [2.24, 2.45) is 0 Å². The first-order valence-electron chi connectivity index (χ1n) is 4.73. The number of halogens is 1. The average Bonchev–Trinajstić information content (AvgIpc) is 2.74. The molecular weight excluding hydrogens is 262 g/mol. The lowest BCUT2D eigenvalue weighted by molar-refractivity contribution is 0.0624. The quantitative estimate of drug-likeness (QED) is 0.885. The molecule has 0 radical (unpaired) electrons. The van der Waals surface area contributed by atoms with Gasteiger partial charge in [-0.1, -0.05) is 23.7 Å². The van der Waals surface area contributed by atoms with E-state index in [1.165, 1.54) is 0 Å². The largest absolute Gasteiger partial charge is 0.476 e. The van der Waals surface area contributed by atoms with Crippen LogP contribution in [0.3, 0.4) is 0 Å². The van der Waals surface area contributed by atoms with Crippen LogP contribution in [0.25, 0.3) is 11.5 Å². The number of aromatic carboxylic acids is 2. The molecule has 6 nitrogen and oxygen atoms in total. The topological polar surface area (TPSA) is 101 Å². The van der Waals surface area contributed by atoms with Crippen molar-refractivity contribution in [1.29, 1.82) is 0 Å². The van der Waals surface area contributed by atoms with Gasteiger partial charge in [0, 0.05) is 0 Å². The maximum atomic E-state index is 10.8. The molecule has 1 aromatic heterocycles. The van der Waals surface area contributed by atoms with E-state index in [4.69, 9.17) is 26.2 Å². The Hall–Kier alpha value is -2.34. The summed E-state index contributed by atoms with van der Waals surface area (Å²) < 4.78 is 4.93. The number of hydrogen-bond acceptors (Lipinski definition) is 4. The highest BCUT2D eigenvalue weighted by Gasteiger charge is 2.25. The zero-order valence-electron chi connectivity index (χ0n) is 8.75. The molecule has 1 heterocycles. The lowest BCUT2D eigenvalue weighted by Crippen LogP contribution is -2.05. The molecule has 7 heteroatoms. The van der Waals surface area contributed by atoms with Crippen LogP contribution in [0.4, 0.5) is 0 Å². The molecule has 2 N–H and O–H groups in total. The van der Waals surface area contributed by atoms with Gasteiger partial charge in [0.25, 0.3) is 0 Å². The number of benzene rings is 1. The van der Waals surface area contributed by atoms with Gasteiger partial charge in [0.15, 0.2) is 0 Å². The summed E-state index contributed by atoms with van der Waals surface area (Å²) in [6, 6.07) is 6.42. The molecule has 0 fully saturated rings. The van der Waals surface area contributed by atoms with Crippen molar-refractivity contribution in [3.05, 3.63) is 40.7 Å². The lowest BCUT2D eigenvalue weighted by atomic mass is 10.2. The zero-order valence-corrected chi connectivity index (χ0v) is 9.51. The second-order valence-corrected chi connectivity index (χ2v) is 3.69. The minimum Gasteiger partial charge on any atom is -0.476 e. The summed E-state index contributed by atoms with van der Waals surface area (Å²) >= 11 is 5.88. The monoisotopic (exact) mass is 267 g/mol. The number of carbonyl (C=O) groups is 2. The molecule has 0 aliphatic rings. The first-order valence-corrected chi connectivity index (χ1v) is 5.11. The van der Waals surface area contributed by atoms with Crippen molar-refractivity contribution in [2.45, 2.75) is 0 Å². The Morgan fingerprint density at radius 2 is 1.83 bits per heavy atom. The van der Waals surface area contributed by atoms with E-state index in [9.17, 15) is 9.59 Å². The summed E-state index contributed by atoms with van der Waals surface area (Å²) in [6.07, 6.45) is 0. The van der Waals surface area contributed by atoms with Crippen molar-refractivity contribution < 1.29 is 24.2 Å². The van der Waals surface area contributed by atoms with E-state index < -0.39 is 23.4 Å². The molecule has 0 saturated carbocycles. The Kier molecular flexibility index (Phi) is 3.03. The molecule has 1 aromatic carbocycles. The Labute approximate surface area is 105 Å². The third-order valence-electron chi connectivity index (χ3n) is 2.13. The van der Waals surface area contributed by atoms with Crippen molar-refractivity contribution >= 4 is 23.5 Å². The molecule has 0 bridgehead atoms. The molecule has 0 saturated heterocycles. The third-order valence-corrected chi connectivity index (χ3v) is 2.46. The van der Waals surface area contributed by atoms with Crippen LogP contribution in [0, 0.1) is 0 Å². The van der Waals surface area contributed by atoms with Crippen LogP contribution in [0.15, 0.2) is 28.7 Å². The fourth-order valence-electron chi connectivity index (χ4n) is 1.36. The maximum absolute atomic E-state index is 10.8. The second kappa shape index (κ2) is 4.50. The van der Waals surface area contributed by atoms with Crippen molar-refractivity contribution in [2.75, 3.05) is 0 Å². The highest BCUT2D eigenvalue weighted by atomic mass is 35.5. The highest BCUT2D eigenvalue weighted by molar-refractivity contribution is 6.33. The Balaban J connectivity index is 2.61. The molecule has 0 spiro atoms. The van der Waals surface area contributed by atoms with E-state index in [0.29, 0.717) is 5.56 Å². The van der Waals surface area contributed by atoms with Gasteiger partial charge >= 0.3 is 11.9 Å². The highest BCUT2D eigenvalue weighted by Crippen LogP contribution is 2.28. The van der Waals surface area contributed by atoms with Crippen LogP contribution in [0.5, 0.6) is 0 Å². The number of rotatable bonds is 3. The normalized spacial score (nSPS) is 10.3. The van der Waals surface area contributed by atoms with E-state index in [2.05, 4.69) is 4.98 Å². The molecule has 0 aliphatic carbocycles. The van der Waals surface area contributed by atoms with Crippen molar-refractivity contribution in [1.82, 2.24) is 4.98 Å². The van der Waals surface area contributed by atoms with Gasteiger partial charge in [0.2, 0.25) is 17.3 Å². The maximum Gasteiger partial charge on any atom is 0.374 e. The molecule has 2 aromatic rings. The van der Waals surface area contributed by atoms with Gasteiger partial charge in [-0.2, -0.15) is 0 Å². The summed E-state index contributed by atoms with van der Waals surface area (Å²) in [5.41, 5.74) is -0.327. The second-order valence-electron chi connectivity index (χ2n) is 3.29. The smallest absolute Gasteiger partial charge is 0.374 e. The van der Waals surface area contributed by atoms with Crippen LogP contribution in [0.1, 0.15) is 21.0 Å². The molecule has 2 rings (SSSR count). The van der Waals surface area contributed by atoms with E-state index in [1.54, 1.807) is 24.3 Å². The van der Waals surface area contributed by atoms with Gasteiger partial charge in [-0.3, -0.25) is 0 Å². The first kappa shape index (κ1) is 12.1. The third kappa shape index (κ3) is 2.05. The van der Waals surface area contributed by atoms with Crippen molar-refractivity contribution in [3.8, 4) is 11.5 Å². The van der Waals surface area contributed by atoms with Gasteiger partial charge < -0.3 is 14.6 Å². The average molecular weight is 268 g/mol. The number of hydrogen-bond donors (Lipinski definition) is 2. The molecule has 0 aliphatic heterocycles. The van der Waals surface area contributed by atoms with Gasteiger partial charge in [-0.25, -0.2) is 14.6 Å². The standard InChI is InChI=1S/C11H6ClNO5/c12-6-4-2-1-3-5(6)9-13-7(10(14)15)8(18-9)11(16)17/h1-4H,(H,14,15)(H,16,17). The Morgan fingerprint density at radius 3 is 2.33 bits per heavy atom. The first-order chi connectivity index (χ1) is 8.50. The fourth-order valence-corrected chi connectivity index (χ4v) is 1.58. The molecule has 92 valence electrons. The number of oxazole rings is 1. The number of carboxylic acids is 2. The molecular formula is C11H6ClNO5. The summed E-state index contributed by atoms with van der Waals surface area (Å²) in [5.74, 6) is -3.85. The van der Waals surface area contributed by atoms with Gasteiger partial charge in [-0.15, -0.1) is 0 Å². The summed E-state index contributed by atoms with van der Waals surface area (Å²) in [7, 11) is 0. The number of aromatic nitrogens is 1. The van der Waals surface area contributed by atoms with Crippen LogP contribution >= 0.6 is 11.6 Å². The predicted molar refractivity (Wildman–Crippen MR) is 60.9 cm³/mol. The fraction of sp³-hybridized carbons (Fsp3) is 0. The minimum absolute atomic E-state index is 0.143. The SMILES string of the molecule is O=C(O)c1nc(-c2ccccc2Cl)oc1C(=O)O.